The van der Waals surface area contributed by atoms with Crippen molar-refractivity contribution in [1.29, 1.82) is 0 Å². The molecule has 0 unspecified atom stereocenters. The number of rotatable bonds is 6. The third-order valence-corrected chi connectivity index (χ3v) is 2.95. The molecule has 0 saturated carbocycles. The van der Waals surface area contributed by atoms with Crippen LogP contribution in [0.25, 0.3) is 0 Å². The Balaban J connectivity index is 3.15. The zero-order chi connectivity index (χ0) is 16.9. The van der Waals surface area contributed by atoms with E-state index in [1.807, 2.05) is 0 Å². The summed E-state index contributed by atoms with van der Waals surface area (Å²) in [6.07, 6.45) is -5.87. The number of carbonyl (C=O) groups excluding carboxylic acids is 1. The molecule has 1 rings (SSSR count). The van der Waals surface area contributed by atoms with Crippen molar-refractivity contribution >= 4 is 5.97 Å². The van der Waals surface area contributed by atoms with Gasteiger partial charge >= 0.3 is 12.1 Å². The summed E-state index contributed by atoms with van der Waals surface area (Å²) in [6, 6.07) is 3.99. The van der Waals surface area contributed by atoms with Crippen LogP contribution in [0.3, 0.4) is 0 Å². The largest absolute Gasteiger partial charge is 0.497 e. The molecule has 0 amide bonds. The van der Waals surface area contributed by atoms with Crippen LogP contribution in [-0.4, -0.2) is 32.5 Å². The minimum Gasteiger partial charge on any atom is -0.497 e. The van der Waals surface area contributed by atoms with Crippen LogP contribution < -0.4 is 9.47 Å². The second-order valence-electron chi connectivity index (χ2n) is 4.94. The number of carbonyl (C=O) groups is 1. The first kappa shape index (κ1) is 18.1. The fourth-order valence-electron chi connectivity index (χ4n) is 1.99. The topological polar surface area (TPSA) is 44.8 Å². The van der Waals surface area contributed by atoms with E-state index in [1.165, 1.54) is 32.4 Å². The molecule has 0 radical (unpaired) electrons. The molecule has 22 heavy (non-hydrogen) atoms. The Morgan fingerprint density at radius 1 is 1.18 bits per heavy atom. The molecule has 0 N–H and O–H groups in total. The minimum absolute atomic E-state index is 0.0130. The van der Waals surface area contributed by atoms with Crippen LogP contribution in [0.2, 0.25) is 0 Å². The van der Waals surface area contributed by atoms with Crippen LogP contribution in [0.15, 0.2) is 18.2 Å². The molecule has 0 aliphatic rings. The van der Waals surface area contributed by atoms with Gasteiger partial charge in [0.25, 0.3) is 0 Å². The van der Waals surface area contributed by atoms with Gasteiger partial charge in [-0.1, -0.05) is 6.07 Å². The van der Waals surface area contributed by atoms with Gasteiger partial charge in [-0.05, 0) is 19.9 Å². The maximum absolute atomic E-state index is 13.3. The van der Waals surface area contributed by atoms with E-state index in [9.17, 15) is 18.0 Å². The molecule has 0 saturated heterocycles. The Morgan fingerprint density at radius 3 is 2.27 bits per heavy atom. The maximum atomic E-state index is 13.3. The first-order chi connectivity index (χ1) is 10.2. The third kappa shape index (κ3) is 4.82. The Kier molecular flexibility index (Phi) is 6.08. The van der Waals surface area contributed by atoms with Crippen molar-refractivity contribution in [2.24, 2.45) is 0 Å². The number of benzene rings is 1. The quantitative estimate of drug-likeness (QED) is 0.750. The molecule has 1 aromatic carbocycles. The highest BCUT2D eigenvalue weighted by Crippen LogP contribution is 2.42. The van der Waals surface area contributed by atoms with E-state index >= 15 is 0 Å². The maximum Gasteiger partial charge on any atom is 0.396 e. The number of alkyl halides is 3. The van der Waals surface area contributed by atoms with E-state index in [1.54, 1.807) is 13.8 Å². The van der Waals surface area contributed by atoms with E-state index in [0.717, 1.165) is 0 Å². The second kappa shape index (κ2) is 7.38. The van der Waals surface area contributed by atoms with Crippen LogP contribution in [0, 0.1) is 0 Å². The molecule has 0 aromatic heterocycles. The summed E-state index contributed by atoms with van der Waals surface area (Å²) in [6.45, 7) is 3.16. The van der Waals surface area contributed by atoms with Crippen LogP contribution in [0.5, 0.6) is 11.5 Å². The van der Waals surface area contributed by atoms with E-state index < -0.39 is 30.6 Å². The average Bonchev–Trinajstić information content (AvgIpc) is 2.42. The van der Waals surface area contributed by atoms with Gasteiger partial charge in [0.15, 0.2) is 0 Å². The van der Waals surface area contributed by atoms with Crippen molar-refractivity contribution in [2.45, 2.75) is 38.5 Å². The van der Waals surface area contributed by atoms with Crippen molar-refractivity contribution in [2.75, 3.05) is 14.2 Å². The van der Waals surface area contributed by atoms with Gasteiger partial charge in [-0.2, -0.15) is 13.2 Å². The zero-order valence-corrected chi connectivity index (χ0v) is 12.9. The highest BCUT2D eigenvalue weighted by molar-refractivity contribution is 5.71. The average molecular weight is 320 g/mol. The van der Waals surface area contributed by atoms with Crippen molar-refractivity contribution in [3.05, 3.63) is 23.8 Å². The summed E-state index contributed by atoms with van der Waals surface area (Å²) < 4.78 is 54.7. The molecule has 0 fully saturated rings. The number of esters is 1. The van der Waals surface area contributed by atoms with Gasteiger partial charge in [0.1, 0.15) is 11.5 Å². The predicted molar refractivity (Wildman–Crippen MR) is 74.2 cm³/mol. The molecule has 0 aliphatic carbocycles. The number of ether oxygens (including phenoxy) is 3. The van der Waals surface area contributed by atoms with Crippen molar-refractivity contribution in [1.82, 2.24) is 0 Å². The molecule has 0 bridgehead atoms. The number of hydrogen-bond acceptors (Lipinski definition) is 4. The summed E-state index contributed by atoms with van der Waals surface area (Å²) >= 11 is 0. The summed E-state index contributed by atoms with van der Waals surface area (Å²) in [5.41, 5.74) is -0.128. The standard InChI is InChI=1S/C15H19F3O4/c1-9(2)22-14(19)8-12(15(16,17)18)11-6-5-10(20-3)7-13(11)21-4/h5-7,9,12H,8H2,1-4H3/t12-/m0/s1. The Labute approximate surface area is 127 Å². The van der Waals surface area contributed by atoms with E-state index in [2.05, 4.69) is 0 Å². The summed E-state index contributed by atoms with van der Waals surface area (Å²) in [7, 11) is 2.66. The third-order valence-electron chi connectivity index (χ3n) is 2.95. The first-order valence-electron chi connectivity index (χ1n) is 6.67. The van der Waals surface area contributed by atoms with Gasteiger partial charge in [-0.15, -0.1) is 0 Å². The van der Waals surface area contributed by atoms with Gasteiger partial charge in [-0.25, -0.2) is 0 Å². The molecular formula is C15H19F3O4. The lowest BCUT2D eigenvalue weighted by molar-refractivity contribution is -0.168. The van der Waals surface area contributed by atoms with Gasteiger partial charge in [0.2, 0.25) is 0 Å². The highest BCUT2D eigenvalue weighted by atomic mass is 19.4. The van der Waals surface area contributed by atoms with Crippen LogP contribution in [0.4, 0.5) is 13.2 Å². The van der Waals surface area contributed by atoms with Crippen LogP contribution in [-0.2, 0) is 9.53 Å². The Bertz CT molecular complexity index is 512. The molecular weight excluding hydrogens is 301 g/mol. The summed E-state index contributed by atoms with van der Waals surface area (Å²) in [5, 5.41) is 0. The van der Waals surface area contributed by atoms with Crippen molar-refractivity contribution in [3.63, 3.8) is 0 Å². The molecule has 1 aromatic rings. The number of hydrogen-bond donors (Lipinski definition) is 0. The lowest BCUT2D eigenvalue weighted by Crippen LogP contribution is -2.26. The Morgan fingerprint density at radius 2 is 1.82 bits per heavy atom. The molecule has 124 valence electrons. The first-order valence-corrected chi connectivity index (χ1v) is 6.67. The van der Waals surface area contributed by atoms with Crippen molar-refractivity contribution in [3.8, 4) is 11.5 Å². The fourth-order valence-corrected chi connectivity index (χ4v) is 1.99. The van der Waals surface area contributed by atoms with Gasteiger partial charge < -0.3 is 14.2 Å². The molecule has 7 heteroatoms. The molecule has 0 heterocycles. The fraction of sp³-hybridized carbons (Fsp3) is 0.533. The normalized spacial score (nSPS) is 12.9. The summed E-state index contributed by atoms with van der Waals surface area (Å²) in [4.78, 5) is 11.6. The van der Waals surface area contributed by atoms with E-state index in [4.69, 9.17) is 14.2 Å². The van der Waals surface area contributed by atoms with Crippen LogP contribution >= 0.6 is 0 Å². The van der Waals surface area contributed by atoms with Gasteiger partial charge in [0, 0.05) is 11.6 Å². The smallest absolute Gasteiger partial charge is 0.396 e. The van der Waals surface area contributed by atoms with Gasteiger partial charge in [-0.3, -0.25) is 4.79 Å². The minimum atomic E-state index is -4.60. The predicted octanol–water partition coefficient (Wildman–Crippen LogP) is 3.69. The SMILES string of the molecule is COc1ccc([C@H](CC(=O)OC(C)C)C(F)(F)F)c(OC)c1. The summed E-state index contributed by atoms with van der Waals surface area (Å²) in [5.74, 6) is -2.53. The number of halogens is 3. The lowest BCUT2D eigenvalue weighted by atomic mass is 9.94. The molecule has 0 aliphatic heterocycles. The highest BCUT2D eigenvalue weighted by Gasteiger charge is 2.44. The molecule has 1 atom stereocenters. The van der Waals surface area contributed by atoms with E-state index in [-0.39, 0.29) is 11.3 Å². The van der Waals surface area contributed by atoms with E-state index in [0.29, 0.717) is 5.75 Å². The number of methoxy groups -OCH3 is 2. The molecule has 4 nitrogen and oxygen atoms in total. The monoisotopic (exact) mass is 320 g/mol. The second-order valence-corrected chi connectivity index (χ2v) is 4.94. The zero-order valence-electron chi connectivity index (χ0n) is 12.9. The lowest BCUT2D eigenvalue weighted by Gasteiger charge is -2.22. The van der Waals surface area contributed by atoms with Crippen LogP contribution in [0.1, 0.15) is 31.7 Å². The molecule has 0 spiro atoms. The van der Waals surface area contributed by atoms with Gasteiger partial charge in [0.05, 0.1) is 32.7 Å². The Hall–Kier alpha value is -1.92. The van der Waals surface area contributed by atoms with Crippen molar-refractivity contribution < 1.29 is 32.2 Å².